The maximum Gasteiger partial charge on any atom is 0.161 e. The summed E-state index contributed by atoms with van der Waals surface area (Å²) in [5, 5.41) is 7.80. The highest BCUT2D eigenvalue weighted by Gasteiger charge is 2.04. The first-order chi connectivity index (χ1) is 9.76. The molecule has 0 saturated heterocycles. The second-order valence-electron chi connectivity index (χ2n) is 4.46. The van der Waals surface area contributed by atoms with Gasteiger partial charge in [-0.2, -0.15) is 5.10 Å². The molecule has 0 fully saturated rings. The van der Waals surface area contributed by atoms with Crippen molar-refractivity contribution in [3.8, 4) is 11.5 Å². The van der Waals surface area contributed by atoms with E-state index in [2.05, 4.69) is 17.3 Å². The number of aryl methyl sites for hydroxylation is 1. The summed E-state index contributed by atoms with van der Waals surface area (Å²) < 4.78 is 12.4. The second-order valence-corrected chi connectivity index (χ2v) is 4.46. The van der Waals surface area contributed by atoms with Crippen LogP contribution in [0.3, 0.4) is 0 Å². The first kappa shape index (κ1) is 14.4. The van der Waals surface area contributed by atoms with Crippen LogP contribution in [0.4, 0.5) is 0 Å². The lowest BCUT2D eigenvalue weighted by atomic mass is 10.2. The van der Waals surface area contributed by atoms with Crippen molar-refractivity contribution in [2.24, 2.45) is 0 Å². The highest BCUT2D eigenvalue weighted by Crippen LogP contribution is 2.27. The molecule has 0 spiro atoms. The van der Waals surface area contributed by atoms with E-state index < -0.39 is 0 Å². The molecule has 1 aromatic carbocycles. The van der Waals surface area contributed by atoms with Gasteiger partial charge in [-0.1, -0.05) is 6.07 Å². The lowest BCUT2D eigenvalue weighted by Crippen LogP contribution is -2.13. The van der Waals surface area contributed by atoms with Crippen LogP contribution < -0.4 is 14.8 Å². The van der Waals surface area contributed by atoms with Gasteiger partial charge in [0.25, 0.3) is 0 Å². The molecule has 0 amide bonds. The Labute approximate surface area is 119 Å². The van der Waals surface area contributed by atoms with E-state index in [1.165, 1.54) is 0 Å². The van der Waals surface area contributed by atoms with Gasteiger partial charge in [-0.3, -0.25) is 4.68 Å². The largest absolute Gasteiger partial charge is 0.493 e. The maximum atomic E-state index is 5.29. The minimum Gasteiger partial charge on any atom is -0.493 e. The van der Waals surface area contributed by atoms with Gasteiger partial charge in [-0.15, -0.1) is 0 Å². The van der Waals surface area contributed by atoms with Crippen molar-refractivity contribution in [3.05, 3.63) is 41.7 Å². The average Bonchev–Trinajstić information content (AvgIpc) is 2.95. The van der Waals surface area contributed by atoms with Crippen LogP contribution in [-0.2, 0) is 19.6 Å². The number of aromatic nitrogens is 2. The zero-order chi connectivity index (χ0) is 14.4. The van der Waals surface area contributed by atoms with E-state index in [9.17, 15) is 0 Å². The quantitative estimate of drug-likeness (QED) is 0.841. The predicted octanol–water partition coefficient (Wildman–Crippen LogP) is 2.21. The van der Waals surface area contributed by atoms with E-state index >= 15 is 0 Å². The molecule has 0 aliphatic heterocycles. The van der Waals surface area contributed by atoms with Crippen molar-refractivity contribution in [1.82, 2.24) is 15.1 Å². The fourth-order valence-electron chi connectivity index (χ4n) is 2.00. The zero-order valence-corrected chi connectivity index (χ0v) is 12.2. The van der Waals surface area contributed by atoms with E-state index in [1.807, 2.05) is 35.1 Å². The highest BCUT2D eigenvalue weighted by atomic mass is 16.5. The van der Waals surface area contributed by atoms with Crippen molar-refractivity contribution in [2.75, 3.05) is 14.2 Å². The molecule has 2 rings (SSSR count). The Morgan fingerprint density at radius 1 is 1.10 bits per heavy atom. The van der Waals surface area contributed by atoms with Gasteiger partial charge in [-0.05, 0) is 30.7 Å². The number of nitrogens with zero attached hydrogens (tertiary/aromatic N) is 2. The monoisotopic (exact) mass is 275 g/mol. The standard InChI is InChI=1S/C15H21N3O2/c1-4-18-8-7-13(17-18)11-16-10-12-5-6-14(19-2)15(9-12)20-3/h5-9,16H,4,10-11H2,1-3H3. The smallest absolute Gasteiger partial charge is 0.161 e. The number of ether oxygens (including phenoxy) is 2. The van der Waals surface area contributed by atoms with Gasteiger partial charge in [0.05, 0.1) is 19.9 Å². The fourth-order valence-corrected chi connectivity index (χ4v) is 2.00. The van der Waals surface area contributed by atoms with Crippen LogP contribution in [0.25, 0.3) is 0 Å². The second kappa shape index (κ2) is 6.96. The van der Waals surface area contributed by atoms with E-state index in [0.29, 0.717) is 0 Å². The third-order valence-electron chi connectivity index (χ3n) is 3.10. The molecule has 0 atom stereocenters. The van der Waals surface area contributed by atoms with Crippen LogP contribution in [-0.4, -0.2) is 24.0 Å². The fraction of sp³-hybridized carbons (Fsp3) is 0.400. The Morgan fingerprint density at radius 3 is 2.55 bits per heavy atom. The molecule has 108 valence electrons. The van der Waals surface area contributed by atoms with Crippen molar-refractivity contribution in [3.63, 3.8) is 0 Å². The van der Waals surface area contributed by atoms with Gasteiger partial charge < -0.3 is 14.8 Å². The molecule has 0 unspecified atom stereocenters. The topological polar surface area (TPSA) is 48.3 Å². The van der Waals surface area contributed by atoms with Gasteiger partial charge in [0.2, 0.25) is 0 Å². The van der Waals surface area contributed by atoms with Gasteiger partial charge >= 0.3 is 0 Å². The number of rotatable bonds is 7. The summed E-state index contributed by atoms with van der Waals surface area (Å²) in [5.74, 6) is 1.50. The van der Waals surface area contributed by atoms with Crippen molar-refractivity contribution in [1.29, 1.82) is 0 Å². The summed E-state index contributed by atoms with van der Waals surface area (Å²) in [6.45, 7) is 4.49. The molecule has 0 aliphatic carbocycles. The molecular weight excluding hydrogens is 254 g/mol. The van der Waals surface area contributed by atoms with Crippen molar-refractivity contribution < 1.29 is 9.47 Å². The summed E-state index contributed by atoms with van der Waals surface area (Å²) in [6, 6.07) is 7.96. The molecule has 0 aliphatic rings. The Balaban J connectivity index is 1.90. The first-order valence-corrected chi connectivity index (χ1v) is 6.70. The van der Waals surface area contributed by atoms with Gasteiger partial charge in [0.1, 0.15) is 0 Å². The minimum absolute atomic E-state index is 0.748. The van der Waals surface area contributed by atoms with E-state index in [4.69, 9.17) is 9.47 Å². The normalized spacial score (nSPS) is 10.6. The lowest BCUT2D eigenvalue weighted by molar-refractivity contribution is 0.354. The molecule has 5 heteroatoms. The first-order valence-electron chi connectivity index (χ1n) is 6.70. The molecule has 1 heterocycles. The maximum absolute atomic E-state index is 5.29. The van der Waals surface area contributed by atoms with Gasteiger partial charge in [0, 0.05) is 25.8 Å². The van der Waals surface area contributed by atoms with Crippen LogP contribution in [0.5, 0.6) is 11.5 Å². The zero-order valence-electron chi connectivity index (χ0n) is 12.2. The number of nitrogens with one attached hydrogen (secondary N) is 1. The number of methoxy groups -OCH3 is 2. The van der Waals surface area contributed by atoms with Gasteiger partial charge in [-0.25, -0.2) is 0 Å². The van der Waals surface area contributed by atoms with Crippen molar-refractivity contribution in [2.45, 2.75) is 26.6 Å². The summed E-state index contributed by atoms with van der Waals surface area (Å²) in [7, 11) is 3.28. The van der Waals surface area contributed by atoms with E-state index in [1.54, 1.807) is 14.2 Å². The summed E-state index contributed by atoms with van der Waals surface area (Å²) in [5.41, 5.74) is 2.20. The number of hydrogen-bond acceptors (Lipinski definition) is 4. The summed E-state index contributed by atoms with van der Waals surface area (Å²) in [4.78, 5) is 0. The Bertz CT molecular complexity index is 552. The highest BCUT2D eigenvalue weighted by molar-refractivity contribution is 5.42. The Kier molecular flexibility index (Phi) is 5.01. The van der Waals surface area contributed by atoms with E-state index in [-0.39, 0.29) is 0 Å². The average molecular weight is 275 g/mol. The third-order valence-corrected chi connectivity index (χ3v) is 3.10. The molecule has 2 aromatic rings. The Hall–Kier alpha value is -2.01. The molecule has 20 heavy (non-hydrogen) atoms. The SMILES string of the molecule is CCn1ccc(CNCc2ccc(OC)c(OC)c2)n1. The van der Waals surface area contributed by atoms with Crippen LogP contribution in [0.2, 0.25) is 0 Å². The molecular formula is C15H21N3O2. The Morgan fingerprint density at radius 2 is 1.90 bits per heavy atom. The van der Waals surface area contributed by atoms with Gasteiger partial charge in [0.15, 0.2) is 11.5 Å². The van der Waals surface area contributed by atoms with Crippen LogP contribution in [0.1, 0.15) is 18.2 Å². The third kappa shape index (κ3) is 3.51. The number of hydrogen-bond donors (Lipinski definition) is 1. The lowest BCUT2D eigenvalue weighted by Gasteiger charge is -2.10. The molecule has 0 radical (unpaired) electrons. The molecule has 0 saturated carbocycles. The van der Waals surface area contributed by atoms with Crippen LogP contribution >= 0.6 is 0 Å². The molecule has 1 aromatic heterocycles. The number of benzene rings is 1. The van der Waals surface area contributed by atoms with Crippen LogP contribution in [0, 0.1) is 0 Å². The van der Waals surface area contributed by atoms with E-state index in [0.717, 1.165) is 42.4 Å². The predicted molar refractivity (Wildman–Crippen MR) is 78.0 cm³/mol. The minimum atomic E-state index is 0.748. The molecule has 0 bridgehead atoms. The van der Waals surface area contributed by atoms with Crippen molar-refractivity contribution >= 4 is 0 Å². The molecule has 5 nitrogen and oxygen atoms in total. The molecule has 1 N–H and O–H groups in total. The summed E-state index contributed by atoms with van der Waals surface area (Å²) in [6.07, 6.45) is 1.99. The van der Waals surface area contributed by atoms with Crippen LogP contribution in [0.15, 0.2) is 30.5 Å². The summed E-state index contributed by atoms with van der Waals surface area (Å²) >= 11 is 0.